The Balaban J connectivity index is 1.41. The Labute approximate surface area is 254 Å². The summed E-state index contributed by atoms with van der Waals surface area (Å²) < 4.78 is 0. The normalized spacial score (nSPS) is 11.2. The topological polar surface area (TPSA) is 64.5 Å². The average Bonchev–Trinajstić information content (AvgIpc) is 3.12. The molecule has 44 heavy (non-hydrogen) atoms. The maximum absolute atomic E-state index is 5.04. The Morgan fingerprint density at radius 1 is 0.341 bits per heavy atom. The van der Waals surface area contributed by atoms with E-state index in [1.54, 1.807) is 0 Å². The molecule has 8 rings (SSSR count). The van der Waals surface area contributed by atoms with Gasteiger partial charge in [-0.25, -0.2) is 15.0 Å². The standard InChI is InChI=1S/C39H25N5/c1-4-12-26(13-5-1)30-22-31(34-25-29-18-10-20-40-35(29)36-33(34)19-11-21-41-36)24-32(23-30)39-43-37(27-14-6-2-7-15-27)42-38(44-39)28-16-8-3-9-17-28/h1-25H. The third-order valence-electron chi connectivity index (χ3n) is 7.77. The monoisotopic (exact) mass is 563 g/mol. The van der Waals surface area contributed by atoms with E-state index in [1.165, 1.54) is 0 Å². The van der Waals surface area contributed by atoms with E-state index in [9.17, 15) is 0 Å². The predicted molar refractivity (Wildman–Crippen MR) is 178 cm³/mol. The number of hydrogen-bond donors (Lipinski definition) is 0. The molecule has 206 valence electrons. The highest BCUT2D eigenvalue weighted by molar-refractivity contribution is 6.10. The van der Waals surface area contributed by atoms with Crippen LogP contribution in [0.25, 0.3) is 78.2 Å². The van der Waals surface area contributed by atoms with Gasteiger partial charge in [0.25, 0.3) is 0 Å². The molecule has 0 saturated carbocycles. The number of benzene rings is 5. The Morgan fingerprint density at radius 3 is 1.48 bits per heavy atom. The van der Waals surface area contributed by atoms with Crippen molar-refractivity contribution >= 4 is 21.8 Å². The van der Waals surface area contributed by atoms with Gasteiger partial charge in [-0.3, -0.25) is 9.97 Å². The summed E-state index contributed by atoms with van der Waals surface area (Å²) in [6.07, 6.45) is 3.65. The summed E-state index contributed by atoms with van der Waals surface area (Å²) in [5, 5.41) is 2.08. The fraction of sp³-hybridized carbons (Fsp3) is 0. The van der Waals surface area contributed by atoms with E-state index in [0.717, 1.165) is 60.8 Å². The van der Waals surface area contributed by atoms with Gasteiger partial charge in [-0.2, -0.15) is 0 Å². The molecule has 0 fully saturated rings. The van der Waals surface area contributed by atoms with Crippen LogP contribution in [0, 0.1) is 0 Å². The Hall–Kier alpha value is -6.07. The number of fused-ring (bicyclic) bond motifs is 3. The van der Waals surface area contributed by atoms with Gasteiger partial charge in [-0.05, 0) is 58.7 Å². The summed E-state index contributed by atoms with van der Waals surface area (Å²) in [7, 11) is 0. The van der Waals surface area contributed by atoms with Crippen molar-refractivity contribution in [1.82, 2.24) is 24.9 Å². The van der Waals surface area contributed by atoms with Gasteiger partial charge < -0.3 is 0 Å². The van der Waals surface area contributed by atoms with E-state index in [-0.39, 0.29) is 0 Å². The highest BCUT2D eigenvalue weighted by Crippen LogP contribution is 2.38. The molecular weight excluding hydrogens is 538 g/mol. The summed E-state index contributed by atoms with van der Waals surface area (Å²) in [5.74, 6) is 1.88. The highest BCUT2D eigenvalue weighted by atomic mass is 15.0. The van der Waals surface area contributed by atoms with Gasteiger partial charge in [0.2, 0.25) is 0 Å². The maximum atomic E-state index is 5.04. The van der Waals surface area contributed by atoms with Crippen LogP contribution >= 0.6 is 0 Å². The van der Waals surface area contributed by atoms with Gasteiger partial charge in [0, 0.05) is 39.9 Å². The van der Waals surface area contributed by atoms with Gasteiger partial charge in [0.05, 0.1) is 11.0 Å². The molecule has 5 nitrogen and oxygen atoms in total. The van der Waals surface area contributed by atoms with Crippen molar-refractivity contribution < 1.29 is 0 Å². The molecule has 0 aliphatic heterocycles. The van der Waals surface area contributed by atoms with E-state index in [1.807, 2.05) is 91.3 Å². The minimum Gasteiger partial charge on any atom is -0.254 e. The second-order valence-corrected chi connectivity index (χ2v) is 10.6. The number of rotatable bonds is 5. The van der Waals surface area contributed by atoms with Crippen molar-refractivity contribution in [2.45, 2.75) is 0 Å². The van der Waals surface area contributed by atoms with Gasteiger partial charge >= 0.3 is 0 Å². The predicted octanol–water partition coefficient (Wildman–Crippen LogP) is 9.30. The van der Waals surface area contributed by atoms with Crippen LogP contribution in [0.1, 0.15) is 0 Å². The molecule has 3 heterocycles. The molecule has 0 N–H and O–H groups in total. The smallest absolute Gasteiger partial charge is 0.164 e. The quantitative estimate of drug-likeness (QED) is 0.195. The van der Waals surface area contributed by atoms with Gasteiger partial charge in [-0.15, -0.1) is 0 Å². The number of aromatic nitrogens is 5. The van der Waals surface area contributed by atoms with E-state index in [0.29, 0.717) is 17.5 Å². The highest BCUT2D eigenvalue weighted by Gasteiger charge is 2.16. The summed E-state index contributed by atoms with van der Waals surface area (Å²) in [6, 6.07) is 47.5. The third-order valence-corrected chi connectivity index (χ3v) is 7.77. The van der Waals surface area contributed by atoms with Gasteiger partial charge in [-0.1, -0.05) is 103 Å². The first kappa shape index (κ1) is 25.6. The van der Waals surface area contributed by atoms with Crippen molar-refractivity contribution in [1.29, 1.82) is 0 Å². The fourth-order valence-electron chi connectivity index (χ4n) is 5.66. The van der Waals surface area contributed by atoms with Gasteiger partial charge in [0.1, 0.15) is 0 Å². The minimum absolute atomic E-state index is 0.613. The van der Waals surface area contributed by atoms with Gasteiger partial charge in [0.15, 0.2) is 17.5 Å². The zero-order chi connectivity index (χ0) is 29.3. The second-order valence-electron chi connectivity index (χ2n) is 10.6. The van der Waals surface area contributed by atoms with E-state index in [4.69, 9.17) is 19.9 Å². The van der Waals surface area contributed by atoms with Crippen molar-refractivity contribution in [3.8, 4) is 56.4 Å². The maximum Gasteiger partial charge on any atom is 0.164 e. The third kappa shape index (κ3) is 4.76. The molecule has 8 aromatic rings. The zero-order valence-corrected chi connectivity index (χ0v) is 23.7. The fourth-order valence-corrected chi connectivity index (χ4v) is 5.66. The lowest BCUT2D eigenvalue weighted by molar-refractivity contribution is 1.07. The van der Waals surface area contributed by atoms with Crippen LogP contribution in [-0.4, -0.2) is 24.9 Å². The lowest BCUT2D eigenvalue weighted by atomic mass is 9.92. The van der Waals surface area contributed by atoms with Crippen LogP contribution in [0.3, 0.4) is 0 Å². The minimum atomic E-state index is 0.613. The summed E-state index contributed by atoms with van der Waals surface area (Å²) in [5.41, 5.74) is 8.86. The number of pyridine rings is 2. The lowest BCUT2D eigenvalue weighted by Crippen LogP contribution is -2.00. The molecule has 0 unspecified atom stereocenters. The zero-order valence-electron chi connectivity index (χ0n) is 23.7. The Morgan fingerprint density at radius 2 is 0.841 bits per heavy atom. The van der Waals surface area contributed by atoms with E-state index < -0.39 is 0 Å². The second kappa shape index (κ2) is 11.0. The molecule has 3 aromatic heterocycles. The first-order valence-corrected chi connectivity index (χ1v) is 14.5. The lowest BCUT2D eigenvalue weighted by Gasteiger charge is -2.14. The van der Waals surface area contributed by atoms with Crippen molar-refractivity contribution in [2.75, 3.05) is 0 Å². The van der Waals surface area contributed by atoms with Crippen LogP contribution < -0.4 is 0 Å². The largest absolute Gasteiger partial charge is 0.254 e. The Bertz CT molecular complexity index is 2210. The van der Waals surface area contributed by atoms with Crippen molar-refractivity contribution in [3.05, 3.63) is 152 Å². The van der Waals surface area contributed by atoms with Crippen LogP contribution in [0.4, 0.5) is 0 Å². The molecule has 0 atom stereocenters. The first-order valence-electron chi connectivity index (χ1n) is 14.5. The molecule has 5 aromatic carbocycles. The molecule has 0 radical (unpaired) electrons. The number of nitrogens with zero attached hydrogens (tertiary/aromatic N) is 5. The van der Waals surface area contributed by atoms with Crippen LogP contribution in [0.2, 0.25) is 0 Å². The number of hydrogen-bond acceptors (Lipinski definition) is 5. The SMILES string of the molecule is c1ccc(-c2cc(-c3nc(-c4ccccc4)nc(-c4ccccc4)n3)cc(-c3cc4cccnc4c4ncccc34)c2)cc1. The Kier molecular flexibility index (Phi) is 6.39. The summed E-state index contributed by atoms with van der Waals surface area (Å²) in [6.45, 7) is 0. The van der Waals surface area contributed by atoms with Crippen molar-refractivity contribution in [2.24, 2.45) is 0 Å². The molecular formula is C39H25N5. The summed E-state index contributed by atoms with van der Waals surface area (Å²) in [4.78, 5) is 24.4. The van der Waals surface area contributed by atoms with E-state index >= 15 is 0 Å². The van der Waals surface area contributed by atoms with Crippen LogP contribution in [0.5, 0.6) is 0 Å². The van der Waals surface area contributed by atoms with E-state index in [2.05, 4.69) is 65.6 Å². The molecule has 0 aliphatic rings. The molecule has 0 bridgehead atoms. The molecule has 5 heteroatoms. The molecule has 0 amide bonds. The van der Waals surface area contributed by atoms with Crippen LogP contribution in [-0.2, 0) is 0 Å². The van der Waals surface area contributed by atoms with Crippen molar-refractivity contribution in [3.63, 3.8) is 0 Å². The molecule has 0 spiro atoms. The van der Waals surface area contributed by atoms with Crippen LogP contribution in [0.15, 0.2) is 152 Å². The molecule has 0 saturated heterocycles. The summed E-state index contributed by atoms with van der Waals surface area (Å²) >= 11 is 0. The average molecular weight is 564 g/mol. The molecule has 0 aliphatic carbocycles. The first-order chi connectivity index (χ1) is 21.8.